The van der Waals surface area contributed by atoms with E-state index in [-0.39, 0.29) is 11.9 Å². The number of rotatable bonds is 4. The van der Waals surface area contributed by atoms with Crippen LogP contribution in [0.4, 0.5) is 21.9 Å². The summed E-state index contributed by atoms with van der Waals surface area (Å²) in [4.78, 5) is 22.9. The zero-order valence-electron chi connectivity index (χ0n) is 12.3. The van der Waals surface area contributed by atoms with Gasteiger partial charge in [-0.1, -0.05) is 12.1 Å². The molecule has 0 atom stereocenters. The second-order valence-electron chi connectivity index (χ2n) is 4.54. The van der Waals surface area contributed by atoms with E-state index in [1.54, 1.807) is 49.6 Å². The van der Waals surface area contributed by atoms with E-state index in [1.807, 2.05) is 6.07 Å². The van der Waals surface area contributed by atoms with Gasteiger partial charge in [0, 0.05) is 18.3 Å². The highest BCUT2D eigenvalue weighted by Crippen LogP contribution is 2.23. The molecular weight excluding hydrogens is 282 g/mol. The number of nitrogens with one attached hydrogen (secondary N) is 3. The Balaban J connectivity index is 1.98. The fraction of sp³-hybridized carbons (Fsp3) is 0.125. The second-order valence-corrected chi connectivity index (χ2v) is 4.54. The van der Waals surface area contributed by atoms with E-state index in [1.165, 1.54) is 6.92 Å². The molecule has 2 aromatic carbocycles. The van der Waals surface area contributed by atoms with Crippen LogP contribution in [0.1, 0.15) is 6.92 Å². The zero-order valence-corrected chi connectivity index (χ0v) is 12.3. The van der Waals surface area contributed by atoms with Crippen molar-refractivity contribution < 1.29 is 14.3 Å². The van der Waals surface area contributed by atoms with Gasteiger partial charge in [0.05, 0.1) is 12.8 Å². The summed E-state index contributed by atoms with van der Waals surface area (Å²) in [5.41, 5.74) is 1.86. The van der Waals surface area contributed by atoms with Crippen LogP contribution in [0.25, 0.3) is 0 Å². The molecule has 0 aromatic heterocycles. The molecule has 0 spiro atoms. The van der Waals surface area contributed by atoms with Gasteiger partial charge in [-0.15, -0.1) is 0 Å². The first-order chi connectivity index (χ1) is 10.6. The Morgan fingerprint density at radius 1 is 0.864 bits per heavy atom. The average molecular weight is 299 g/mol. The maximum Gasteiger partial charge on any atom is 0.323 e. The van der Waals surface area contributed by atoms with Crippen molar-refractivity contribution >= 4 is 29.0 Å². The van der Waals surface area contributed by atoms with Gasteiger partial charge < -0.3 is 20.7 Å². The predicted molar refractivity (Wildman–Crippen MR) is 86.4 cm³/mol. The molecule has 22 heavy (non-hydrogen) atoms. The van der Waals surface area contributed by atoms with Gasteiger partial charge in [0.1, 0.15) is 5.75 Å². The van der Waals surface area contributed by atoms with Crippen molar-refractivity contribution in [3.63, 3.8) is 0 Å². The smallest absolute Gasteiger partial charge is 0.323 e. The van der Waals surface area contributed by atoms with Gasteiger partial charge in [-0.3, -0.25) is 4.79 Å². The van der Waals surface area contributed by atoms with Crippen LogP contribution in [-0.4, -0.2) is 19.0 Å². The standard InChI is InChI=1S/C16H17N3O3/c1-11(20)17-12-7-9-13(10-8-12)18-16(21)19-14-5-3-4-6-15(14)22-2/h3-10H,1-2H3,(H,17,20)(H2,18,19,21). The van der Waals surface area contributed by atoms with Crippen LogP contribution in [0.15, 0.2) is 48.5 Å². The van der Waals surface area contributed by atoms with Crippen LogP contribution < -0.4 is 20.7 Å². The molecule has 0 aliphatic rings. The molecule has 2 aromatic rings. The lowest BCUT2D eigenvalue weighted by Crippen LogP contribution is -2.19. The van der Waals surface area contributed by atoms with Crippen LogP contribution in [0.2, 0.25) is 0 Å². The molecule has 2 rings (SSSR count). The van der Waals surface area contributed by atoms with E-state index in [2.05, 4.69) is 16.0 Å². The largest absolute Gasteiger partial charge is 0.495 e. The molecule has 0 unspecified atom stereocenters. The first kappa shape index (κ1) is 15.4. The highest BCUT2D eigenvalue weighted by Gasteiger charge is 2.07. The van der Waals surface area contributed by atoms with Crippen molar-refractivity contribution in [1.82, 2.24) is 0 Å². The number of ether oxygens (including phenoxy) is 1. The number of carbonyl (C=O) groups is 2. The Labute approximate surface area is 128 Å². The number of anilines is 3. The van der Waals surface area contributed by atoms with Crippen molar-refractivity contribution in [3.8, 4) is 5.75 Å². The summed E-state index contributed by atoms with van der Waals surface area (Å²) >= 11 is 0. The van der Waals surface area contributed by atoms with Gasteiger partial charge in [0.25, 0.3) is 0 Å². The molecule has 6 nitrogen and oxygen atoms in total. The Morgan fingerprint density at radius 2 is 1.45 bits per heavy atom. The lowest BCUT2D eigenvalue weighted by Gasteiger charge is -2.11. The van der Waals surface area contributed by atoms with Crippen LogP contribution in [0.5, 0.6) is 5.75 Å². The fourth-order valence-corrected chi connectivity index (χ4v) is 1.87. The molecule has 0 saturated heterocycles. The third kappa shape index (κ3) is 4.24. The topological polar surface area (TPSA) is 79.5 Å². The number of benzene rings is 2. The molecule has 0 saturated carbocycles. The Kier molecular flexibility index (Phi) is 4.98. The third-order valence-corrected chi connectivity index (χ3v) is 2.82. The SMILES string of the molecule is COc1ccccc1NC(=O)Nc1ccc(NC(C)=O)cc1. The number of amides is 3. The molecular formula is C16H17N3O3. The third-order valence-electron chi connectivity index (χ3n) is 2.82. The number of hydrogen-bond acceptors (Lipinski definition) is 3. The van der Waals surface area contributed by atoms with E-state index in [0.29, 0.717) is 22.8 Å². The predicted octanol–water partition coefficient (Wildman–Crippen LogP) is 3.30. The summed E-state index contributed by atoms with van der Waals surface area (Å²) < 4.78 is 5.17. The number of urea groups is 1. The summed E-state index contributed by atoms with van der Waals surface area (Å²) in [5.74, 6) is 0.438. The fourth-order valence-electron chi connectivity index (χ4n) is 1.87. The lowest BCUT2D eigenvalue weighted by atomic mass is 10.2. The number of hydrogen-bond donors (Lipinski definition) is 3. The number of carbonyl (C=O) groups excluding carboxylic acids is 2. The average Bonchev–Trinajstić information content (AvgIpc) is 2.49. The summed E-state index contributed by atoms with van der Waals surface area (Å²) in [6.07, 6.45) is 0. The molecule has 0 fully saturated rings. The monoisotopic (exact) mass is 299 g/mol. The maximum absolute atomic E-state index is 12.0. The van der Waals surface area contributed by atoms with E-state index in [4.69, 9.17) is 4.74 Å². The van der Waals surface area contributed by atoms with Crippen LogP contribution in [-0.2, 0) is 4.79 Å². The van der Waals surface area contributed by atoms with Gasteiger partial charge in [0.2, 0.25) is 5.91 Å². The van der Waals surface area contributed by atoms with Crippen molar-refractivity contribution in [1.29, 1.82) is 0 Å². The highest BCUT2D eigenvalue weighted by atomic mass is 16.5. The molecule has 0 heterocycles. The van der Waals surface area contributed by atoms with Gasteiger partial charge in [-0.2, -0.15) is 0 Å². The van der Waals surface area contributed by atoms with Crippen LogP contribution in [0.3, 0.4) is 0 Å². The molecule has 0 aliphatic carbocycles. The van der Waals surface area contributed by atoms with Gasteiger partial charge >= 0.3 is 6.03 Å². The molecule has 3 amide bonds. The first-order valence-corrected chi connectivity index (χ1v) is 6.67. The van der Waals surface area contributed by atoms with E-state index < -0.39 is 0 Å². The first-order valence-electron chi connectivity index (χ1n) is 6.67. The van der Waals surface area contributed by atoms with Crippen molar-refractivity contribution in [2.24, 2.45) is 0 Å². The number of methoxy groups -OCH3 is 1. The van der Waals surface area contributed by atoms with Gasteiger partial charge in [-0.05, 0) is 36.4 Å². The van der Waals surface area contributed by atoms with Crippen molar-refractivity contribution in [2.45, 2.75) is 6.92 Å². The molecule has 6 heteroatoms. The van der Waals surface area contributed by atoms with Gasteiger partial charge in [-0.25, -0.2) is 4.79 Å². The Bertz CT molecular complexity index is 669. The second kappa shape index (κ2) is 7.12. The summed E-state index contributed by atoms with van der Waals surface area (Å²) in [5, 5.41) is 8.07. The Hall–Kier alpha value is -3.02. The minimum Gasteiger partial charge on any atom is -0.495 e. The highest BCUT2D eigenvalue weighted by molar-refractivity contribution is 6.00. The van der Waals surface area contributed by atoms with Gasteiger partial charge in [0.15, 0.2) is 0 Å². The number of para-hydroxylation sites is 2. The lowest BCUT2D eigenvalue weighted by molar-refractivity contribution is -0.114. The van der Waals surface area contributed by atoms with E-state index >= 15 is 0 Å². The van der Waals surface area contributed by atoms with Crippen molar-refractivity contribution in [2.75, 3.05) is 23.1 Å². The zero-order chi connectivity index (χ0) is 15.9. The van der Waals surface area contributed by atoms with Crippen LogP contribution >= 0.6 is 0 Å². The molecule has 0 bridgehead atoms. The molecule has 0 aliphatic heterocycles. The molecule has 3 N–H and O–H groups in total. The maximum atomic E-state index is 12.0. The molecule has 0 radical (unpaired) electrons. The minimum absolute atomic E-state index is 0.144. The summed E-state index contributed by atoms with van der Waals surface area (Å²) in [6.45, 7) is 1.44. The normalized spacial score (nSPS) is 9.73. The van der Waals surface area contributed by atoms with Crippen LogP contribution in [0, 0.1) is 0 Å². The van der Waals surface area contributed by atoms with E-state index in [0.717, 1.165) is 0 Å². The minimum atomic E-state index is -0.378. The molecule has 114 valence electrons. The summed E-state index contributed by atoms with van der Waals surface area (Å²) in [7, 11) is 1.54. The van der Waals surface area contributed by atoms with Crippen molar-refractivity contribution in [3.05, 3.63) is 48.5 Å². The summed E-state index contributed by atoms with van der Waals surface area (Å²) in [6, 6.07) is 13.6. The quantitative estimate of drug-likeness (QED) is 0.810. The van der Waals surface area contributed by atoms with E-state index in [9.17, 15) is 9.59 Å². The Morgan fingerprint density at radius 3 is 2.05 bits per heavy atom.